The van der Waals surface area contributed by atoms with E-state index in [4.69, 9.17) is 28.3 Å². The van der Waals surface area contributed by atoms with Gasteiger partial charge in [0.1, 0.15) is 10.3 Å². The van der Waals surface area contributed by atoms with Crippen LogP contribution in [0.2, 0.25) is 10.3 Å². The largest absolute Gasteiger partial charge is 0.481 e. The number of amides is 1. The third-order valence-corrected chi connectivity index (χ3v) is 3.74. The second-order valence-electron chi connectivity index (χ2n) is 4.72. The van der Waals surface area contributed by atoms with E-state index in [2.05, 4.69) is 10.3 Å². The Balaban J connectivity index is 2.43. The first-order valence-corrected chi connectivity index (χ1v) is 7.51. The van der Waals surface area contributed by atoms with Crippen LogP contribution in [0.25, 0.3) is 0 Å². The maximum absolute atomic E-state index is 11.9. The smallest absolute Gasteiger partial charge is 0.303 e. The monoisotopic (exact) mass is 332 g/mol. The van der Waals surface area contributed by atoms with Crippen LogP contribution in [0.4, 0.5) is 0 Å². The molecule has 1 amide bonds. The molecule has 1 aromatic heterocycles. The van der Waals surface area contributed by atoms with E-state index in [9.17, 15) is 9.59 Å². The third-order valence-electron chi connectivity index (χ3n) is 3.24. The molecule has 0 fully saturated rings. The summed E-state index contributed by atoms with van der Waals surface area (Å²) in [7, 11) is 0. The number of hydrogen-bond donors (Lipinski definition) is 2. The van der Waals surface area contributed by atoms with Gasteiger partial charge in [0.05, 0.1) is 5.56 Å². The fraction of sp³-hybridized carbons (Fsp3) is 0.500. The Labute approximate surface area is 133 Å². The van der Waals surface area contributed by atoms with Gasteiger partial charge in [-0.05, 0) is 30.9 Å². The number of aromatic nitrogens is 1. The molecule has 0 spiro atoms. The van der Waals surface area contributed by atoms with Crippen LogP contribution in [0.1, 0.15) is 43.0 Å². The molecule has 1 heterocycles. The molecule has 0 radical (unpaired) electrons. The Morgan fingerprint density at radius 1 is 1.33 bits per heavy atom. The van der Waals surface area contributed by atoms with Crippen molar-refractivity contribution in [3.05, 3.63) is 28.0 Å². The van der Waals surface area contributed by atoms with Gasteiger partial charge in [-0.15, -0.1) is 0 Å². The summed E-state index contributed by atoms with van der Waals surface area (Å²) in [4.78, 5) is 26.3. The lowest BCUT2D eigenvalue weighted by Crippen LogP contribution is -2.26. The minimum Gasteiger partial charge on any atom is -0.481 e. The number of carboxylic acids is 1. The molecule has 1 atom stereocenters. The van der Waals surface area contributed by atoms with Gasteiger partial charge in [0, 0.05) is 13.0 Å². The van der Waals surface area contributed by atoms with Crippen LogP contribution in [0.3, 0.4) is 0 Å². The van der Waals surface area contributed by atoms with Crippen LogP contribution in [-0.2, 0) is 4.79 Å². The first-order valence-electron chi connectivity index (χ1n) is 6.76. The second kappa shape index (κ2) is 8.85. The fourth-order valence-corrected chi connectivity index (χ4v) is 2.38. The zero-order chi connectivity index (χ0) is 15.8. The van der Waals surface area contributed by atoms with Crippen molar-refractivity contribution in [3.63, 3.8) is 0 Å². The van der Waals surface area contributed by atoms with Crippen molar-refractivity contribution in [2.75, 3.05) is 6.54 Å². The van der Waals surface area contributed by atoms with Crippen molar-refractivity contribution in [1.82, 2.24) is 10.3 Å². The standard InChI is InChI=1S/C14H18Cl2N2O3/c1-2-9(3-6-12(19)20)7-8-17-14(21)10-4-5-11(15)18-13(10)16/h4-5,9H,2-3,6-8H2,1H3,(H,17,21)(H,19,20). The summed E-state index contributed by atoms with van der Waals surface area (Å²) in [6.07, 6.45) is 2.38. The average molecular weight is 333 g/mol. The zero-order valence-electron chi connectivity index (χ0n) is 11.7. The summed E-state index contributed by atoms with van der Waals surface area (Å²) < 4.78 is 0. The molecule has 0 saturated heterocycles. The number of rotatable bonds is 8. The highest BCUT2D eigenvalue weighted by molar-refractivity contribution is 6.34. The van der Waals surface area contributed by atoms with E-state index in [-0.39, 0.29) is 34.1 Å². The van der Waals surface area contributed by atoms with Gasteiger partial charge in [0.2, 0.25) is 0 Å². The van der Waals surface area contributed by atoms with Crippen LogP contribution in [-0.4, -0.2) is 28.5 Å². The molecular weight excluding hydrogens is 315 g/mol. The van der Waals surface area contributed by atoms with Crippen LogP contribution >= 0.6 is 23.2 Å². The lowest BCUT2D eigenvalue weighted by molar-refractivity contribution is -0.137. The molecule has 1 rings (SSSR count). The number of carboxylic acid groups (broad SMARTS) is 1. The Morgan fingerprint density at radius 2 is 2.05 bits per heavy atom. The molecule has 5 nitrogen and oxygen atoms in total. The quantitative estimate of drug-likeness (QED) is 0.715. The molecule has 0 bridgehead atoms. The van der Waals surface area contributed by atoms with Gasteiger partial charge in [0.25, 0.3) is 5.91 Å². The minimum atomic E-state index is -0.795. The molecule has 1 unspecified atom stereocenters. The number of aliphatic carboxylic acids is 1. The molecule has 2 N–H and O–H groups in total. The van der Waals surface area contributed by atoms with Gasteiger partial charge < -0.3 is 10.4 Å². The minimum absolute atomic E-state index is 0.0675. The number of nitrogens with one attached hydrogen (secondary N) is 1. The van der Waals surface area contributed by atoms with Gasteiger partial charge in [-0.1, -0.05) is 36.5 Å². The molecule has 7 heteroatoms. The van der Waals surface area contributed by atoms with Crippen molar-refractivity contribution in [2.45, 2.75) is 32.6 Å². The molecule has 21 heavy (non-hydrogen) atoms. The Kier molecular flexibility index (Phi) is 7.47. The van der Waals surface area contributed by atoms with E-state index in [0.29, 0.717) is 13.0 Å². The third kappa shape index (κ3) is 6.31. The number of nitrogens with zero attached hydrogens (tertiary/aromatic N) is 1. The molecular formula is C14H18Cl2N2O3. The average Bonchev–Trinajstić information content (AvgIpc) is 2.42. The van der Waals surface area contributed by atoms with Crippen LogP contribution in [0, 0.1) is 5.92 Å². The maximum atomic E-state index is 11.9. The van der Waals surface area contributed by atoms with Gasteiger partial charge in [-0.2, -0.15) is 0 Å². The number of carbonyl (C=O) groups excluding carboxylic acids is 1. The number of carbonyl (C=O) groups is 2. The summed E-state index contributed by atoms with van der Waals surface area (Å²) in [5.41, 5.74) is 0.277. The first kappa shape index (κ1) is 17.7. The molecule has 0 aliphatic rings. The van der Waals surface area contributed by atoms with Crippen LogP contribution < -0.4 is 5.32 Å². The maximum Gasteiger partial charge on any atom is 0.303 e. The van der Waals surface area contributed by atoms with Crippen molar-refractivity contribution in [1.29, 1.82) is 0 Å². The normalized spacial score (nSPS) is 12.0. The van der Waals surface area contributed by atoms with E-state index in [1.807, 2.05) is 6.92 Å². The van der Waals surface area contributed by atoms with Crippen LogP contribution in [0.5, 0.6) is 0 Å². The number of hydrogen-bond acceptors (Lipinski definition) is 3. The SMILES string of the molecule is CCC(CCNC(=O)c1ccc(Cl)nc1Cl)CCC(=O)O. The van der Waals surface area contributed by atoms with Gasteiger partial charge in [-0.25, -0.2) is 4.98 Å². The molecule has 0 aromatic carbocycles. The molecule has 116 valence electrons. The van der Waals surface area contributed by atoms with Crippen molar-refractivity contribution < 1.29 is 14.7 Å². The first-order chi connectivity index (χ1) is 9.93. The van der Waals surface area contributed by atoms with Crippen LogP contribution in [0.15, 0.2) is 12.1 Å². The predicted octanol–water partition coefficient (Wildman–Crippen LogP) is 3.40. The van der Waals surface area contributed by atoms with E-state index in [1.54, 1.807) is 0 Å². The van der Waals surface area contributed by atoms with Gasteiger partial charge >= 0.3 is 5.97 Å². The highest BCUT2D eigenvalue weighted by Crippen LogP contribution is 2.17. The molecule has 1 aromatic rings. The van der Waals surface area contributed by atoms with E-state index >= 15 is 0 Å². The Hall–Kier alpha value is -1.33. The second-order valence-corrected chi connectivity index (χ2v) is 5.47. The van der Waals surface area contributed by atoms with E-state index in [1.165, 1.54) is 12.1 Å². The summed E-state index contributed by atoms with van der Waals surface area (Å²) >= 11 is 11.5. The van der Waals surface area contributed by atoms with Crippen molar-refractivity contribution >= 4 is 35.1 Å². The Morgan fingerprint density at radius 3 is 2.62 bits per heavy atom. The molecule has 0 aliphatic carbocycles. The summed E-state index contributed by atoms with van der Waals surface area (Å²) in [6, 6.07) is 3.03. The highest BCUT2D eigenvalue weighted by Gasteiger charge is 2.13. The topological polar surface area (TPSA) is 79.3 Å². The highest BCUT2D eigenvalue weighted by atomic mass is 35.5. The van der Waals surface area contributed by atoms with Gasteiger partial charge in [-0.3, -0.25) is 9.59 Å². The van der Waals surface area contributed by atoms with E-state index in [0.717, 1.165) is 12.8 Å². The van der Waals surface area contributed by atoms with Crippen molar-refractivity contribution in [3.8, 4) is 0 Å². The number of pyridine rings is 1. The van der Waals surface area contributed by atoms with Gasteiger partial charge in [0.15, 0.2) is 0 Å². The zero-order valence-corrected chi connectivity index (χ0v) is 13.2. The summed E-state index contributed by atoms with van der Waals surface area (Å²) in [5.74, 6) is -0.825. The number of halogens is 2. The molecule has 0 saturated carbocycles. The molecule has 0 aliphatic heterocycles. The predicted molar refractivity (Wildman–Crippen MR) is 81.9 cm³/mol. The lowest BCUT2D eigenvalue weighted by Gasteiger charge is -2.14. The summed E-state index contributed by atoms with van der Waals surface area (Å²) in [5, 5.41) is 11.7. The fourth-order valence-electron chi connectivity index (χ4n) is 1.95. The lowest BCUT2D eigenvalue weighted by atomic mass is 9.96. The summed E-state index contributed by atoms with van der Waals surface area (Å²) in [6.45, 7) is 2.48. The van der Waals surface area contributed by atoms with Crippen molar-refractivity contribution in [2.24, 2.45) is 5.92 Å². The Bertz CT molecular complexity index is 509. The van der Waals surface area contributed by atoms with E-state index < -0.39 is 5.97 Å².